The molecule has 0 aromatic carbocycles. The molecule has 0 unspecified atom stereocenters. The number of aliphatic imine (C=N–C) groups is 1. The first-order chi connectivity index (χ1) is 8.90. The van der Waals surface area contributed by atoms with Gasteiger partial charge in [-0.1, -0.05) is 0 Å². The number of aromatic nitrogens is 1. The zero-order chi connectivity index (χ0) is 14.3. The average molecular weight is 411 g/mol. The van der Waals surface area contributed by atoms with E-state index in [1.807, 2.05) is 26.2 Å². The molecule has 0 aliphatic carbocycles. The number of nitrogens with zero attached hydrogens (tertiary/aromatic N) is 2. The number of amides is 1. The second-order valence-electron chi connectivity index (χ2n) is 5.00. The zero-order valence-corrected chi connectivity index (χ0v) is 15.3. The fourth-order valence-corrected chi connectivity index (χ4v) is 1.90. The molecule has 0 aliphatic heterocycles. The van der Waals surface area contributed by atoms with Gasteiger partial charge >= 0.3 is 0 Å². The summed E-state index contributed by atoms with van der Waals surface area (Å²) in [6.07, 6.45) is 1.76. The Morgan fingerprint density at radius 3 is 2.60 bits per heavy atom. The van der Waals surface area contributed by atoms with Crippen molar-refractivity contribution in [3.05, 3.63) is 16.6 Å². The predicted molar refractivity (Wildman–Crippen MR) is 93.6 cm³/mol. The van der Waals surface area contributed by atoms with Crippen molar-refractivity contribution >= 4 is 47.2 Å². The maximum atomic E-state index is 11.6. The minimum absolute atomic E-state index is 0. The summed E-state index contributed by atoms with van der Waals surface area (Å²) >= 11 is 1.57. The molecular weight excluding hydrogens is 389 g/mol. The van der Waals surface area contributed by atoms with E-state index in [0.29, 0.717) is 12.5 Å². The largest absolute Gasteiger partial charge is 0.350 e. The minimum Gasteiger partial charge on any atom is -0.350 e. The first-order valence-electron chi connectivity index (χ1n) is 6.04. The van der Waals surface area contributed by atoms with Gasteiger partial charge in [-0.15, -0.1) is 35.3 Å². The molecule has 0 atom stereocenters. The lowest BCUT2D eigenvalue weighted by Gasteiger charge is -2.21. The van der Waals surface area contributed by atoms with Crippen molar-refractivity contribution in [3.8, 4) is 0 Å². The maximum absolute atomic E-state index is 11.6. The number of carbonyl (C=O) groups is 1. The lowest BCUT2D eigenvalue weighted by atomic mass is 10.1. The summed E-state index contributed by atoms with van der Waals surface area (Å²) in [5.74, 6) is 0.518. The third-order valence-corrected chi connectivity index (χ3v) is 2.82. The van der Waals surface area contributed by atoms with E-state index in [2.05, 4.69) is 25.9 Å². The standard InChI is InChI=1S/C12H21N5OS.HI/c1-12(2,3)17-9(18)7-15-11(13-4)16-8-10-14-5-6-19-10;/h5-6H,7-8H2,1-4H3,(H,17,18)(H2,13,15,16);1H. The van der Waals surface area contributed by atoms with Crippen molar-refractivity contribution in [1.82, 2.24) is 20.9 Å². The van der Waals surface area contributed by atoms with Gasteiger partial charge in [0.15, 0.2) is 5.96 Å². The van der Waals surface area contributed by atoms with E-state index in [9.17, 15) is 4.79 Å². The third kappa shape index (κ3) is 8.31. The van der Waals surface area contributed by atoms with Gasteiger partial charge in [0.05, 0.1) is 13.1 Å². The number of halogens is 1. The molecule has 114 valence electrons. The molecule has 8 heteroatoms. The van der Waals surface area contributed by atoms with Crippen LogP contribution in [0.5, 0.6) is 0 Å². The van der Waals surface area contributed by atoms with Crippen LogP contribution in [0.1, 0.15) is 25.8 Å². The molecule has 0 saturated carbocycles. The molecule has 0 spiro atoms. The van der Waals surface area contributed by atoms with E-state index < -0.39 is 0 Å². The Morgan fingerprint density at radius 2 is 2.10 bits per heavy atom. The molecule has 20 heavy (non-hydrogen) atoms. The van der Waals surface area contributed by atoms with E-state index in [0.717, 1.165) is 5.01 Å². The van der Waals surface area contributed by atoms with Gasteiger partial charge in [-0.2, -0.15) is 0 Å². The lowest BCUT2D eigenvalue weighted by molar-refractivity contribution is -0.121. The first-order valence-corrected chi connectivity index (χ1v) is 6.92. The molecule has 0 fully saturated rings. The Hall–Kier alpha value is -0.900. The second kappa shape index (κ2) is 9.11. The van der Waals surface area contributed by atoms with Crippen molar-refractivity contribution in [2.45, 2.75) is 32.9 Å². The molecule has 6 nitrogen and oxygen atoms in total. The van der Waals surface area contributed by atoms with Gasteiger partial charge in [0, 0.05) is 24.2 Å². The summed E-state index contributed by atoms with van der Waals surface area (Å²) in [5.41, 5.74) is -0.226. The van der Waals surface area contributed by atoms with Crippen molar-refractivity contribution in [3.63, 3.8) is 0 Å². The van der Waals surface area contributed by atoms with Gasteiger partial charge in [0.2, 0.25) is 5.91 Å². The number of hydrogen-bond acceptors (Lipinski definition) is 4. The summed E-state index contributed by atoms with van der Waals surface area (Å²) in [7, 11) is 1.67. The molecule has 0 bridgehead atoms. The second-order valence-corrected chi connectivity index (χ2v) is 5.98. The van der Waals surface area contributed by atoms with Crippen LogP contribution in [0.25, 0.3) is 0 Å². The predicted octanol–water partition coefficient (Wildman–Crippen LogP) is 1.34. The van der Waals surface area contributed by atoms with Gasteiger partial charge in [-0.3, -0.25) is 9.79 Å². The molecule has 1 amide bonds. The first kappa shape index (κ1) is 19.1. The Kier molecular flexibility index (Phi) is 8.70. The third-order valence-electron chi connectivity index (χ3n) is 2.04. The minimum atomic E-state index is -0.226. The molecule has 1 aromatic rings. The summed E-state index contributed by atoms with van der Waals surface area (Å²) in [5, 5.41) is 11.8. The van der Waals surface area contributed by atoms with Crippen LogP contribution in [0.15, 0.2) is 16.6 Å². The number of nitrogens with one attached hydrogen (secondary N) is 3. The Morgan fingerprint density at radius 1 is 1.40 bits per heavy atom. The lowest BCUT2D eigenvalue weighted by Crippen LogP contribution is -2.48. The van der Waals surface area contributed by atoms with Crippen molar-refractivity contribution < 1.29 is 4.79 Å². The SMILES string of the molecule is CN=C(NCC(=O)NC(C)(C)C)NCc1nccs1.I. The highest BCUT2D eigenvalue weighted by Gasteiger charge is 2.13. The highest BCUT2D eigenvalue weighted by Crippen LogP contribution is 2.02. The Bertz CT molecular complexity index is 428. The molecule has 3 N–H and O–H groups in total. The topological polar surface area (TPSA) is 78.4 Å². The molecule has 0 aliphatic rings. The summed E-state index contributed by atoms with van der Waals surface area (Å²) in [6.45, 7) is 6.62. The van der Waals surface area contributed by atoms with Gasteiger partial charge in [-0.25, -0.2) is 4.98 Å². The number of carbonyl (C=O) groups excluding carboxylic acids is 1. The van der Waals surface area contributed by atoms with Crippen LogP contribution in [-0.2, 0) is 11.3 Å². The van der Waals surface area contributed by atoms with Crippen molar-refractivity contribution in [2.75, 3.05) is 13.6 Å². The fourth-order valence-electron chi connectivity index (χ4n) is 1.35. The van der Waals surface area contributed by atoms with E-state index in [-0.39, 0.29) is 42.0 Å². The highest BCUT2D eigenvalue weighted by atomic mass is 127. The molecule has 1 rings (SSSR count). The Balaban J connectivity index is 0.00000361. The van der Waals surface area contributed by atoms with E-state index in [1.54, 1.807) is 24.6 Å². The number of hydrogen-bond donors (Lipinski definition) is 3. The summed E-state index contributed by atoms with van der Waals surface area (Å²) in [6, 6.07) is 0. The molecule has 1 aromatic heterocycles. The van der Waals surface area contributed by atoms with Gasteiger partial charge in [0.25, 0.3) is 0 Å². The van der Waals surface area contributed by atoms with Crippen LogP contribution in [0.3, 0.4) is 0 Å². The average Bonchev–Trinajstić information content (AvgIpc) is 2.80. The summed E-state index contributed by atoms with van der Waals surface area (Å²) < 4.78 is 0. The smallest absolute Gasteiger partial charge is 0.239 e. The number of guanidine groups is 1. The van der Waals surface area contributed by atoms with E-state index >= 15 is 0 Å². The van der Waals surface area contributed by atoms with Crippen LogP contribution < -0.4 is 16.0 Å². The molecule has 0 radical (unpaired) electrons. The van der Waals surface area contributed by atoms with E-state index in [1.165, 1.54) is 0 Å². The summed E-state index contributed by atoms with van der Waals surface area (Å²) in [4.78, 5) is 19.9. The molecule has 0 saturated heterocycles. The monoisotopic (exact) mass is 411 g/mol. The highest BCUT2D eigenvalue weighted by molar-refractivity contribution is 14.0. The van der Waals surface area contributed by atoms with Gasteiger partial charge in [-0.05, 0) is 20.8 Å². The van der Waals surface area contributed by atoms with Gasteiger partial charge < -0.3 is 16.0 Å². The van der Waals surface area contributed by atoms with Crippen LogP contribution in [0.4, 0.5) is 0 Å². The number of rotatable bonds is 4. The van der Waals surface area contributed by atoms with Crippen LogP contribution in [-0.4, -0.2) is 36.0 Å². The Labute approximate surface area is 140 Å². The van der Waals surface area contributed by atoms with Gasteiger partial charge in [0.1, 0.15) is 5.01 Å². The van der Waals surface area contributed by atoms with Crippen LogP contribution in [0, 0.1) is 0 Å². The van der Waals surface area contributed by atoms with Crippen LogP contribution in [0.2, 0.25) is 0 Å². The van der Waals surface area contributed by atoms with Crippen LogP contribution >= 0.6 is 35.3 Å². The quantitative estimate of drug-likeness (QED) is 0.397. The van der Waals surface area contributed by atoms with Crippen molar-refractivity contribution in [2.24, 2.45) is 4.99 Å². The zero-order valence-electron chi connectivity index (χ0n) is 12.2. The molecule has 1 heterocycles. The van der Waals surface area contributed by atoms with E-state index in [4.69, 9.17) is 0 Å². The van der Waals surface area contributed by atoms with Crippen molar-refractivity contribution in [1.29, 1.82) is 0 Å². The molecular formula is C12H22IN5OS. The fraction of sp³-hybridized carbons (Fsp3) is 0.583. The normalized spacial score (nSPS) is 11.5. The number of thiazole rings is 1. The maximum Gasteiger partial charge on any atom is 0.239 e.